The van der Waals surface area contributed by atoms with E-state index in [4.69, 9.17) is 4.74 Å². The van der Waals surface area contributed by atoms with Crippen molar-refractivity contribution in [3.8, 4) is 0 Å². The summed E-state index contributed by atoms with van der Waals surface area (Å²) in [5, 5.41) is 10.8. The molecule has 0 aromatic carbocycles. The molecule has 0 saturated carbocycles. The summed E-state index contributed by atoms with van der Waals surface area (Å²) in [6, 6.07) is 0. The van der Waals surface area contributed by atoms with Crippen molar-refractivity contribution in [2.24, 2.45) is 10.9 Å². The average molecular weight is 506 g/mol. The molecule has 2 heterocycles. The third-order valence-electron chi connectivity index (χ3n) is 5.34. The second-order valence-electron chi connectivity index (χ2n) is 7.07. The normalized spacial score (nSPS) is 15.3. The second-order valence-corrected chi connectivity index (χ2v) is 7.07. The smallest absolute Gasteiger partial charge is 0.220 e. The molecule has 9 heteroatoms. The van der Waals surface area contributed by atoms with Crippen LogP contribution in [0.25, 0.3) is 0 Å². The average Bonchev–Trinajstić information content (AvgIpc) is 2.95. The van der Waals surface area contributed by atoms with Crippen LogP contribution in [0, 0.1) is 19.8 Å². The van der Waals surface area contributed by atoms with Gasteiger partial charge in [0, 0.05) is 58.5 Å². The van der Waals surface area contributed by atoms with Crippen molar-refractivity contribution in [1.29, 1.82) is 0 Å². The summed E-state index contributed by atoms with van der Waals surface area (Å²) in [5.74, 6) is 1.51. The van der Waals surface area contributed by atoms with Gasteiger partial charge in [-0.1, -0.05) is 0 Å². The summed E-state index contributed by atoms with van der Waals surface area (Å²) in [6.07, 6.45) is 2.65. The highest BCUT2D eigenvalue weighted by Gasteiger charge is 2.23. The molecule has 0 unspecified atom stereocenters. The number of rotatable bonds is 7. The monoisotopic (exact) mass is 506 g/mol. The summed E-state index contributed by atoms with van der Waals surface area (Å²) in [4.78, 5) is 18.3. The number of methoxy groups -OCH3 is 1. The Kier molecular flexibility index (Phi) is 10.8. The van der Waals surface area contributed by atoms with Crippen LogP contribution in [-0.2, 0) is 22.6 Å². The molecule has 28 heavy (non-hydrogen) atoms. The van der Waals surface area contributed by atoms with Crippen LogP contribution >= 0.6 is 24.0 Å². The van der Waals surface area contributed by atoms with Crippen LogP contribution in [0.4, 0.5) is 0 Å². The van der Waals surface area contributed by atoms with Gasteiger partial charge in [0.1, 0.15) is 0 Å². The first-order valence-electron chi connectivity index (χ1n) is 9.68. The number of carbonyl (C=O) groups is 1. The number of aryl methyl sites for hydroxylation is 1. The maximum absolute atomic E-state index is 11.6. The van der Waals surface area contributed by atoms with E-state index in [1.165, 1.54) is 5.56 Å². The fraction of sp³-hybridized carbons (Fsp3) is 0.737. The SMILES string of the molecule is CN=C(NCc1c(C)nn(CCOC)c1C)N1CCC(CC(=O)NC)CC1.I. The molecule has 2 N–H and O–H groups in total. The first kappa shape index (κ1) is 24.7. The molecule has 1 fully saturated rings. The van der Waals surface area contributed by atoms with Crippen molar-refractivity contribution >= 4 is 35.8 Å². The van der Waals surface area contributed by atoms with E-state index in [9.17, 15) is 4.79 Å². The first-order chi connectivity index (χ1) is 13.0. The predicted molar refractivity (Wildman–Crippen MR) is 122 cm³/mol. The van der Waals surface area contributed by atoms with Crippen LogP contribution in [0.1, 0.15) is 36.2 Å². The van der Waals surface area contributed by atoms with E-state index in [2.05, 4.69) is 32.5 Å². The Bertz CT molecular complexity index is 653. The minimum atomic E-state index is 0. The fourth-order valence-electron chi connectivity index (χ4n) is 3.60. The van der Waals surface area contributed by atoms with Crippen LogP contribution in [0.3, 0.4) is 0 Å². The van der Waals surface area contributed by atoms with Crippen molar-refractivity contribution in [3.05, 3.63) is 17.0 Å². The van der Waals surface area contributed by atoms with Gasteiger partial charge < -0.3 is 20.3 Å². The lowest BCUT2D eigenvalue weighted by molar-refractivity contribution is -0.121. The van der Waals surface area contributed by atoms with Gasteiger partial charge in [0.25, 0.3) is 0 Å². The summed E-state index contributed by atoms with van der Waals surface area (Å²) in [6.45, 7) is 8.10. The predicted octanol–water partition coefficient (Wildman–Crippen LogP) is 1.69. The Hall–Kier alpha value is -1.36. The van der Waals surface area contributed by atoms with Gasteiger partial charge in [0.05, 0.1) is 18.8 Å². The van der Waals surface area contributed by atoms with Crippen molar-refractivity contribution < 1.29 is 9.53 Å². The number of likely N-dealkylation sites (tertiary alicyclic amines) is 1. The Morgan fingerprint density at radius 3 is 2.57 bits per heavy atom. The van der Waals surface area contributed by atoms with Gasteiger partial charge in [-0.2, -0.15) is 5.10 Å². The number of ether oxygens (including phenoxy) is 1. The molecule has 1 aromatic heterocycles. The third kappa shape index (κ3) is 6.61. The maximum atomic E-state index is 11.6. The largest absolute Gasteiger partial charge is 0.383 e. The van der Waals surface area contributed by atoms with Gasteiger partial charge in [-0.25, -0.2) is 0 Å². The molecule has 2 rings (SSSR count). The Labute approximate surface area is 185 Å². The van der Waals surface area contributed by atoms with E-state index in [1.54, 1.807) is 14.2 Å². The number of guanidine groups is 1. The zero-order valence-corrected chi connectivity index (χ0v) is 20.1. The van der Waals surface area contributed by atoms with Crippen LogP contribution in [0.2, 0.25) is 0 Å². The molecule has 0 aliphatic carbocycles. The molecule has 0 radical (unpaired) electrons. The van der Waals surface area contributed by atoms with E-state index in [0.29, 0.717) is 25.5 Å². The van der Waals surface area contributed by atoms with E-state index >= 15 is 0 Å². The summed E-state index contributed by atoms with van der Waals surface area (Å²) in [5.41, 5.74) is 3.41. The van der Waals surface area contributed by atoms with Gasteiger partial charge in [-0.05, 0) is 32.6 Å². The number of piperidine rings is 1. The fourth-order valence-corrected chi connectivity index (χ4v) is 3.60. The topological polar surface area (TPSA) is 83.8 Å². The van der Waals surface area contributed by atoms with Gasteiger partial charge in [0.2, 0.25) is 5.91 Å². The number of hydrogen-bond acceptors (Lipinski definition) is 4. The van der Waals surface area contributed by atoms with Gasteiger partial charge in [0.15, 0.2) is 5.96 Å². The molecular formula is C19H35IN6O2. The zero-order valence-electron chi connectivity index (χ0n) is 17.7. The maximum Gasteiger partial charge on any atom is 0.220 e. The molecule has 1 aromatic rings. The van der Waals surface area contributed by atoms with Crippen molar-refractivity contribution in [2.75, 3.05) is 40.9 Å². The molecule has 0 atom stereocenters. The standard InChI is InChI=1S/C19H34N6O2.HI/c1-14-17(15(2)25(23-14)10-11-27-5)13-22-19(21-4)24-8-6-16(7-9-24)12-18(26)20-3;/h16H,6-13H2,1-5H3,(H,20,26)(H,21,22);1H. The van der Waals surface area contributed by atoms with Gasteiger partial charge >= 0.3 is 0 Å². The highest BCUT2D eigenvalue weighted by Crippen LogP contribution is 2.20. The van der Waals surface area contributed by atoms with Gasteiger partial charge in [-0.3, -0.25) is 14.5 Å². The first-order valence-corrected chi connectivity index (χ1v) is 9.68. The van der Waals surface area contributed by atoms with Crippen LogP contribution < -0.4 is 10.6 Å². The molecule has 160 valence electrons. The second kappa shape index (κ2) is 12.3. The van der Waals surface area contributed by atoms with E-state index in [-0.39, 0.29) is 29.9 Å². The third-order valence-corrected chi connectivity index (χ3v) is 5.34. The molecule has 0 spiro atoms. The quantitative estimate of drug-likeness (QED) is 0.334. The number of carbonyl (C=O) groups excluding carboxylic acids is 1. The lowest BCUT2D eigenvalue weighted by Gasteiger charge is -2.34. The molecule has 1 aliphatic heterocycles. The lowest BCUT2D eigenvalue weighted by atomic mass is 9.93. The number of nitrogens with one attached hydrogen (secondary N) is 2. The van der Waals surface area contributed by atoms with Crippen LogP contribution in [0.5, 0.6) is 0 Å². The van der Waals surface area contributed by atoms with Crippen LogP contribution in [-0.4, -0.2) is 67.4 Å². The molecule has 8 nitrogen and oxygen atoms in total. The van der Waals surface area contributed by atoms with Crippen molar-refractivity contribution in [1.82, 2.24) is 25.3 Å². The van der Waals surface area contributed by atoms with E-state index in [0.717, 1.165) is 49.8 Å². The zero-order chi connectivity index (χ0) is 19.8. The number of aliphatic imine (C=N–C) groups is 1. The lowest BCUT2D eigenvalue weighted by Crippen LogP contribution is -2.45. The number of aromatic nitrogens is 2. The minimum absolute atomic E-state index is 0. The molecule has 0 bridgehead atoms. The van der Waals surface area contributed by atoms with Crippen molar-refractivity contribution in [2.45, 2.75) is 46.2 Å². The van der Waals surface area contributed by atoms with Gasteiger partial charge in [-0.15, -0.1) is 24.0 Å². The highest BCUT2D eigenvalue weighted by molar-refractivity contribution is 14.0. The summed E-state index contributed by atoms with van der Waals surface area (Å²) in [7, 11) is 5.22. The number of amides is 1. The van der Waals surface area contributed by atoms with Crippen molar-refractivity contribution in [3.63, 3.8) is 0 Å². The summed E-state index contributed by atoms with van der Waals surface area (Å²) < 4.78 is 7.16. The molecule has 1 aliphatic rings. The molecule has 1 amide bonds. The minimum Gasteiger partial charge on any atom is -0.383 e. The Morgan fingerprint density at radius 1 is 1.32 bits per heavy atom. The Morgan fingerprint density at radius 2 is 2.00 bits per heavy atom. The number of hydrogen-bond donors (Lipinski definition) is 2. The molecule has 1 saturated heterocycles. The number of nitrogens with zero attached hydrogens (tertiary/aromatic N) is 4. The molecular weight excluding hydrogens is 471 g/mol. The summed E-state index contributed by atoms with van der Waals surface area (Å²) >= 11 is 0. The van der Waals surface area contributed by atoms with Crippen LogP contribution in [0.15, 0.2) is 4.99 Å². The Balaban J connectivity index is 0.00000392. The number of halogens is 1. The van der Waals surface area contributed by atoms with E-state index < -0.39 is 0 Å². The highest BCUT2D eigenvalue weighted by atomic mass is 127. The van der Waals surface area contributed by atoms with E-state index in [1.807, 2.05) is 18.7 Å².